The minimum absolute atomic E-state index is 0.269. The molecule has 0 aliphatic carbocycles. The van der Waals surface area contributed by atoms with Gasteiger partial charge in [0.25, 0.3) is 0 Å². The monoisotopic (exact) mass is 301 g/mol. The molecular weight excluding hydrogens is 291 g/mol. The molecule has 0 radical (unpaired) electrons. The molecule has 0 spiro atoms. The second kappa shape index (κ2) is 4.92. The first-order chi connectivity index (χ1) is 9.19. The second-order valence-corrected chi connectivity index (χ2v) is 5.65. The van der Waals surface area contributed by atoms with Crippen LogP contribution < -0.4 is 5.14 Å². The van der Waals surface area contributed by atoms with Crippen LogP contribution in [0.2, 0.25) is 0 Å². The lowest BCUT2D eigenvalue weighted by Crippen LogP contribution is -2.19. The fraction of sp³-hybridized carbons (Fsp3) is 0.0769. The summed E-state index contributed by atoms with van der Waals surface area (Å²) in [6.45, 7) is 0. The molecule has 0 bridgehead atoms. The first kappa shape index (κ1) is 14.5. The van der Waals surface area contributed by atoms with Crippen LogP contribution in [0.3, 0.4) is 0 Å². The molecule has 0 saturated heterocycles. The van der Waals surface area contributed by atoms with E-state index >= 15 is 0 Å². The number of hydrogen-bond donors (Lipinski definition) is 1. The lowest BCUT2D eigenvalue weighted by Gasteiger charge is -2.13. The molecule has 0 unspecified atom stereocenters. The highest BCUT2D eigenvalue weighted by atomic mass is 32.2. The highest BCUT2D eigenvalue weighted by molar-refractivity contribution is 7.89. The van der Waals surface area contributed by atoms with Crippen LogP contribution in [0.5, 0.6) is 0 Å². The van der Waals surface area contributed by atoms with Crippen molar-refractivity contribution in [3.8, 4) is 11.1 Å². The standard InChI is InChI=1S/C13H10F3NO2S/c14-13(15,16)11-8-10(9-4-2-1-3-5-9)6-7-12(11)20(17,18)19/h1-8H,(H2,17,18,19). The van der Waals surface area contributed by atoms with Crippen LogP contribution in [0.4, 0.5) is 13.2 Å². The molecule has 2 aromatic carbocycles. The van der Waals surface area contributed by atoms with Gasteiger partial charge in [-0.2, -0.15) is 13.2 Å². The average Bonchev–Trinajstić information content (AvgIpc) is 2.37. The van der Waals surface area contributed by atoms with Crippen LogP contribution >= 0.6 is 0 Å². The highest BCUT2D eigenvalue weighted by Gasteiger charge is 2.36. The third kappa shape index (κ3) is 3.00. The van der Waals surface area contributed by atoms with E-state index in [4.69, 9.17) is 5.14 Å². The molecule has 20 heavy (non-hydrogen) atoms. The van der Waals surface area contributed by atoms with Crippen molar-refractivity contribution in [2.45, 2.75) is 11.1 Å². The Morgan fingerprint density at radius 3 is 2.00 bits per heavy atom. The molecule has 0 aromatic heterocycles. The van der Waals surface area contributed by atoms with Crippen molar-refractivity contribution in [2.24, 2.45) is 5.14 Å². The van der Waals surface area contributed by atoms with E-state index in [-0.39, 0.29) is 5.56 Å². The third-order valence-corrected chi connectivity index (χ3v) is 3.67. The normalized spacial score (nSPS) is 12.4. The van der Waals surface area contributed by atoms with E-state index < -0.39 is 26.7 Å². The predicted molar refractivity (Wildman–Crippen MR) is 68.3 cm³/mol. The molecule has 0 amide bonds. The summed E-state index contributed by atoms with van der Waals surface area (Å²) in [5, 5.41) is 4.82. The van der Waals surface area contributed by atoms with Gasteiger partial charge in [-0.25, -0.2) is 13.6 Å². The van der Waals surface area contributed by atoms with E-state index in [1.54, 1.807) is 30.3 Å². The number of halogens is 3. The summed E-state index contributed by atoms with van der Waals surface area (Å²) in [5.74, 6) is 0. The van der Waals surface area contributed by atoms with Gasteiger partial charge in [-0.1, -0.05) is 36.4 Å². The molecule has 0 saturated carbocycles. The van der Waals surface area contributed by atoms with E-state index in [9.17, 15) is 21.6 Å². The summed E-state index contributed by atoms with van der Waals surface area (Å²) in [6, 6.07) is 11.3. The van der Waals surface area contributed by atoms with Gasteiger partial charge in [0.2, 0.25) is 10.0 Å². The zero-order valence-electron chi connectivity index (χ0n) is 10.1. The van der Waals surface area contributed by atoms with Gasteiger partial charge in [-0.3, -0.25) is 0 Å². The molecule has 7 heteroatoms. The van der Waals surface area contributed by atoms with Crippen LogP contribution in [0, 0.1) is 0 Å². The number of alkyl halides is 3. The zero-order valence-corrected chi connectivity index (χ0v) is 10.9. The van der Waals surface area contributed by atoms with Crippen LogP contribution in [-0.4, -0.2) is 8.42 Å². The van der Waals surface area contributed by atoms with Gasteiger partial charge < -0.3 is 0 Å². The Labute approximate surface area is 113 Å². The first-order valence-corrected chi connectivity index (χ1v) is 7.04. The van der Waals surface area contributed by atoms with Crippen molar-refractivity contribution < 1.29 is 21.6 Å². The number of rotatable bonds is 2. The highest BCUT2D eigenvalue weighted by Crippen LogP contribution is 2.36. The second-order valence-electron chi connectivity index (χ2n) is 4.12. The summed E-state index contributed by atoms with van der Waals surface area (Å²) < 4.78 is 61.3. The van der Waals surface area contributed by atoms with E-state index in [0.717, 1.165) is 12.1 Å². The molecule has 0 fully saturated rings. The van der Waals surface area contributed by atoms with E-state index in [1.807, 2.05) is 0 Å². The fourth-order valence-corrected chi connectivity index (χ4v) is 2.55. The van der Waals surface area contributed by atoms with Gasteiger partial charge in [0, 0.05) is 0 Å². The van der Waals surface area contributed by atoms with Crippen molar-refractivity contribution in [3.63, 3.8) is 0 Å². The van der Waals surface area contributed by atoms with Crippen LogP contribution in [0.1, 0.15) is 5.56 Å². The summed E-state index contributed by atoms with van der Waals surface area (Å²) >= 11 is 0. The van der Waals surface area contributed by atoms with Crippen molar-refractivity contribution in [2.75, 3.05) is 0 Å². The van der Waals surface area contributed by atoms with Crippen molar-refractivity contribution in [1.29, 1.82) is 0 Å². The van der Waals surface area contributed by atoms with Gasteiger partial charge >= 0.3 is 6.18 Å². The molecule has 2 aromatic rings. The molecule has 106 valence electrons. The lowest BCUT2D eigenvalue weighted by molar-refractivity contribution is -0.139. The topological polar surface area (TPSA) is 60.2 Å². The Morgan fingerprint density at radius 2 is 1.50 bits per heavy atom. The number of primary sulfonamides is 1. The minimum atomic E-state index is -4.80. The maximum Gasteiger partial charge on any atom is 0.417 e. The third-order valence-electron chi connectivity index (χ3n) is 2.70. The summed E-state index contributed by atoms with van der Waals surface area (Å²) in [5.41, 5.74) is -0.439. The number of sulfonamides is 1. The summed E-state index contributed by atoms with van der Waals surface area (Å²) in [6.07, 6.45) is -4.80. The number of nitrogens with two attached hydrogens (primary N) is 1. The predicted octanol–water partition coefficient (Wildman–Crippen LogP) is 3.02. The van der Waals surface area contributed by atoms with Gasteiger partial charge in [-0.05, 0) is 23.3 Å². The van der Waals surface area contributed by atoms with E-state index in [2.05, 4.69) is 0 Å². The largest absolute Gasteiger partial charge is 0.417 e. The van der Waals surface area contributed by atoms with Gasteiger partial charge in [0.05, 0.1) is 10.5 Å². The Morgan fingerprint density at radius 1 is 0.900 bits per heavy atom. The smallest absolute Gasteiger partial charge is 0.225 e. The molecule has 0 aliphatic heterocycles. The summed E-state index contributed by atoms with van der Waals surface area (Å²) in [4.78, 5) is -0.926. The Hall–Kier alpha value is -1.86. The van der Waals surface area contributed by atoms with E-state index in [0.29, 0.717) is 5.56 Å². The van der Waals surface area contributed by atoms with Crippen molar-refractivity contribution in [1.82, 2.24) is 0 Å². The van der Waals surface area contributed by atoms with Gasteiger partial charge in [0.15, 0.2) is 0 Å². The lowest BCUT2D eigenvalue weighted by atomic mass is 10.0. The Kier molecular flexibility index (Phi) is 3.58. The number of benzene rings is 2. The minimum Gasteiger partial charge on any atom is -0.225 e. The maximum absolute atomic E-state index is 13.0. The SMILES string of the molecule is NS(=O)(=O)c1ccc(-c2ccccc2)cc1C(F)(F)F. The molecule has 0 heterocycles. The molecule has 0 aliphatic rings. The van der Waals surface area contributed by atoms with Crippen molar-refractivity contribution >= 4 is 10.0 Å². The molecule has 2 N–H and O–H groups in total. The van der Waals surface area contributed by atoms with Crippen molar-refractivity contribution in [3.05, 3.63) is 54.1 Å². The summed E-state index contributed by atoms with van der Waals surface area (Å²) in [7, 11) is -4.44. The van der Waals surface area contributed by atoms with Gasteiger partial charge in [-0.15, -0.1) is 0 Å². The first-order valence-electron chi connectivity index (χ1n) is 5.49. The van der Waals surface area contributed by atoms with Crippen LogP contribution in [0.25, 0.3) is 11.1 Å². The molecule has 0 atom stereocenters. The average molecular weight is 301 g/mol. The Balaban J connectivity index is 2.68. The molecular formula is C13H10F3NO2S. The van der Waals surface area contributed by atoms with Gasteiger partial charge in [0.1, 0.15) is 0 Å². The van der Waals surface area contributed by atoms with E-state index in [1.165, 1.54) is 6.07 Å². The van der Waals surface area contributed by atoms with Crippen LogP contribution in [-0.2, 0) is 16.2 Å². The maximum atomic E-state index is 13.0. The quantitative estimate of drug-likeness (QED) is 0.927. The Bertz CT molecular complexity index is 725. The molecule has 2 rings (SSSR count). The van der Waals surface area contributed by atoms with Crippen LogP contribution in [0.15, 0.2) is 53.4 Å². The zero-order chi connectivity index (χ0) is 15.0. The fourth-order valence-electron chi connectivity index (χ4n) is 1.81. The number of hydrogen-bond acceptors (Lipinski definition) is 2. The molecule has 3 nitrogen and oxygen atoms in total.